The molecule has 4 rings (SSSR count). The zero-order valence-corrected chi connectivity index (χ0v) is 17.4. The van der Waals surface area contributed by atoms with Crippen LogP contribution in [-0.4, -0.2) is 34.8 Å². The first kappa shape index (κ1) is 20.2. The number of amides is 1. The quantitative estimate of drug-likeness (QED) is 0.567. The van der Waals surface area contributed by atoms with Crippen molar-refractivity contribution in [2.24, 2.45) is 0 Å². The SMILES string of the molecule is COc1ccccc1NC(=O)c1ccc2c(SCC(=O)O)c3c(nc2c1)CCCC3. The number of aryl methyl sites for hydroxylation is 1. The molecule has 0 aliphatic heterocycles. The summed E-state index contributed by atoms with van der Waals surface area (Å²) in [6.07, 6.45) is 3.95. The number of nitrogens with zero attached hydrogens (tertiary/aromatic N) is 1. The van der Waals surface area contributed by atoms with Crippen LogP contribution in [0.4, 0.5) is 5.69 Å². The maximum atomic E-state index is 12.8. The Morgan fingerprint density at radius 2 is 1.97 bits per heavy atom. The van der Waals surface area contributed by atoms with E-state index in [1.807, 2.05) is 18.2 Å². The summed E-state index contributed by atoms with van der Waals surface area (Å²) in [4.78, 5) is 29.8. The molecular formula is C23H22N2O4S. The van der Waals surface area contributed by atoms with Crippen LogP contribution < -0.4 is 10.1 Å². The zero-order valence-electron chi connectivity index (χ0n) is 16.6. The van der Waals surface area contributed by atoms with Gasteiger partial charge in [0.1, 0.15) is 5.75 Å². The Kier molecular flexibility index (Phi) is 5.90. The number of carbonyl (C=O) groups is 2. The lowest BCUT2D eigenvalue weighted by molar-refractivity contribution is -0.133. The molecule has 1 heterocycles. The first-order valence-electron chi connectivity index (χ1n) is 9.81. The number of benzene rings is 2. The second kappa shape index (κ2) is 8.75. The van der Waals surface area contributed by atoms with Gasteiger partial charge in [-0.05, 0) is 55.5 Å². The number of aliphatic carboxylic acids is 1. The number of aromatic nitrogens is 1. The Bertz CT molecular complexity index is 1130. The molecule has 6 nitrogen and oxygen atoms in total. The van der Waals surface area contributed by atoms with Gasteiger partial charge in [-0.2, -0.15) is 0 Å². The number of para-hydroxylation sites is 2. The molecule has 30 heavy (non-hydrogen) atoms. The minimum absolute atomic E-state index is 0.00158. The molecule has 2 N–H and O–H groups in total. The Hall–Kier alpha value is -3.06. The molecule has 3 aromatic rings. The van der Waals surface area contributed by atoms with E-state index in [0.717, 1.165) is 52.7 Å². The highest BCUT2D eigenvalue weighted by atomic mass is 32.2. The van der Waals surface area contributed by atoms with Gasteiger partial charge in [0.15, 0.2) is 0 Å². The first-order chi connectivity index (χ1) is 14.6. The van der Waals surface area contributed by atoms with E-state index in [0.29, 0.717) is 17.0 Å². The summed E-state index contributed by atoms with van der Waals surface area (Å²) in [6, 6.07) is 12.7. The van der Waals surface area contributed by atoms with Crippen LogP contribution in [0, 0.1) is 0 Å². The van der Waals surface area contributed by atoms with Gasteiger partial charge >= 0.3 is 5.97 Å². The molecule has 1 aliphatic rings. The molecule has 0 saturated heterocycles. The van der Waals surface area contributed by atoms with E-state index in [9.17, 15) is 9.59 Å². The lowest BCUT2D eigenvalue weighted by Gasteiger charge is -2.20. The van der Waals surface area contributed by atoms with Crippen LogP contribution in [0.25, 0.3) is 10.9 Å². The van der Waals surface area contributed by atoms with Crippen molar-refractivity contribution in [3.63, 3.8) is 0 Å². The number of hydrogen-bond acceptors (Lipinski definition) is 5. The maximum absolute atomic E-state index is 12.8. The highest BCUT2D eigenvalue weighted by Crippen LogP contribution is 2.36. The van der Waals surface area contributed by atoms with Gasteiger partial charge in [-0.3, -0.25) is 14.6 Å². The summed E-state index contributed by atoms with van der Waals surface area (Å²) < 4.78 is 5.30. The molecule has 0 radical (unpaired) electrons. The van der Waals surface area contributed by atoms with Crippen molar-refractivity contribution in [3.8, 4) is 5.75 Å². The number of rotatable bonds is 6. The summed E-state index contributed by atoms with van der Waals surface area (Å²) in [5, 5.41) is 12.9. The zero-order chi connectivity index (χ0) is 21.1. The molecule has 1 aliphatic carbocycles. The fourth-order valence-corrected chi connectivity index (χ4v) is 4.75. The molecule has 1 amide bonds. The van der Waals surface area contributed by atoms with Crippen LogP contribution in [0.1, 0.15) is 34.5 Å². The lowest BCUT2D eigenvalue weighted by Crippen LogP contribution is -2.13. The van der Waals surface area contributed by atoms with E-state index >= 15 is 0 Å². The topological polar surface area (TPSA) is 88.5 Å². The van der Waals surface area contributed by atoms with E-state index in [4.69, 9.17) is 14.8 Å². The maximum Gasteiger partial charge on any atom is 0.313 e. The summed E-state index contributed by atoms with van der Waals surface area (Å²) >= 11 is 1.34. The number of carbonyl (C=O) groups excluding carboxylic acids is 1. The average molecular weight is 423 g/mol. The van der Waals surface area contributed by atoms with Crippen molar-refractivity contribution in [1.82, 2.24) is 4.98 Å². The van der Waals surface area contributed by atoms with Crippen LogP contribution in [0.2, 0.25) is 0 Å². The van der Waals surface area contributed by atoms with Crippen molar-refractivity contribution in [2.75, 3.05) is 18.2 Å². The Labute approximate surface area is 178 Å². The van der Waals surface area contributed by atoms with E-state index in [1.165, 1.54) is 11.8 Å². The van der Waals surface area contributed by atoms with Gasteiger partial charge in [0, 0.05) is 21.5 Å². The first-order valence-corrected chi connectivity index (χ1v) is 10.8. The Morgan fingerprint density at radius 3 is 2.77 bits per heavy atom. The molecule has 0 bridgehead atoms. The summed E-state index contributed by atoms with van der Waals surface area (Å²) in [5.74, 6) is -0.504. The molecule has 0 unspecified atom stereocenters. The molecule has 2 aromatic carbocycles. The number of carboxylic acids is 1. The van der Waals surface area contributed by atoms with Gasteiger partial charge in [-0.1, -0.05) is 18.2 Å². The molecule has 1 aromatic heterocycles. The standard InChI is InChI=1S/C23H22N2O4S/c1-29-20-9-5-4-8-18(20)25-23(28)14-10-11-16-19(12-14)24-17-7-3-2-6-15(17)22(16)30-13-21(26)27/h4-5,8-12H,2-3,6-7,13H2,1H3,(H,25,28)(H,26,27). The van der Waals surface area contributed by atoms with Crippen LogP contribution in [-0.2, 0) is 17.6 Å². The van der Waals surface area contributed by atoms with E-state index in [2.05, 4.69) is 5.32 Å². The largest absolute Gasteiger partial charge is 0.495 e. The van der Waals surface area contributed by atoms with Gasteiger partial charge in [-0.25, -0.2) is 0 Å². The monoisotopic (exact) mass is 422 g/mol. The number of ether oxygens (including phenoxy) is 1. The fourth-order valence-electron chi connectivity index (χ4n) is 3.76. The molecule has 7 heteroatoms. The number of nitrogens with one attached hydrogen (secondary N) is 1. The summed E-state index contributed by atoms with van der Waals surface area (Å²) in [6.45, 7) is 0. The van der Waals surface area contributed by atoms with E-state index in [1.54, 1.807) is 31.4 Å². The van der Waals surface area contributed by atoms with Gasteiger partial charge in [0.25, 0.3) is 5.91 Å². The van der Waals surface area contributed by atoms with Gasteiger partial charge < -0.3 is 15.2 Å². The Balaban J connectivity index is 1.71. The van der Waals surface area contributed by atoms with Crippen LogP contribution in [0.5, 0.6) is 5.75 Å². The predicted molar refractivity (Wildman–Crippen MR) is 118 cm³/mol. The van der Waals surface area contributed by atoms with Crippen molar-refractivity contribution >= 4 is 40.2 Å². The van der Waals surface area contributed by atoms with Gasteiger partial charge in [-0.15, -0.1) is 11.8 Å². The highest BCUT2D eigenvalue weighted by molar-refractivity contribution is 8.00. The minimum Gasteiger partial charge on any atom is -0.495 e. The number of anilines is 1. The molecular weight excluding hydrogens is 400 g/mol. The van der Waals surface area contributed by atoms with Crippen molar-refractivity contribution in [1.29, 1.82) is 0 Å². The van der Waals surface area contributed by atoms with Gasteiger partial charge in [0.05, 0.1) is 24.1 Å². The molecule has 0 fully saturated rings. The fraction of sp³-hybridized carbons (Fsp3) is 0.261. The van der Waals surface area contributed by atoms with Crippen molar-refractivity contribution < 1.29 is 19.4 Å². The normalized spacial score (nSPS) is 13.0. The van der Waals surface area contributed by atoms with E-state index in [-0.39, 0.29) is 11.7 Å². The van der Waals surface area contributed by atoms with Crippen molar-refractivity contribution in [2.45, 2.75) is 30.6 Å². The number of fused-ring (bicyclic) bond motifs is 2. The third-order valence-corrected chi connectivity index (χ3v) is 6.31. The van der Waals surface area contributed by atoms with Crippen LogP contribution in [0.15, 0.2) is 47.4 Å². The molecule has 0 spiro atoms. The average Bonchev–Trinajstić information content (AvgIpc) is 2.76. The van der Waals surface area contributed by atoms with Crippen LogP contribution >= 0.6 is 11.8 Å². The minimum atomic E-state index is -0.845. The Morgan fingerprint density at radius 1 is 1.17 bits per heavy atom. The van der Waals surface area contributed by atoms with Crippen LogP contribution in [0.3, 0.4) is 0 Å². The smallest absolute Gasteiger partial charge is 0.313 e. The van der Waals surface area contributed by atoms with Crippen molar-refractivity contribution in [3.05, 3.63) is 59.3 Å². The summed E-state index contributed by atoms with van der Waals surface area (Å²) in [5.41, 5.74) is 3.98. The highest BCUT2D eigenvalue weighted by Gasteiger charge is 2.20. The molecule has 154 valence electrons. The second-order valence-electron chi connectivity index (χ2n) is 7.14. The number of carboxylic acid groups (broad SMARTS) is 1. The predicted octanol–water partition coefficient (Wildman–Crippen LogP) is 4.55. The van der Waals surface area contributed by atoms with Gasteiger partial charge in [0.2, 0.25) is 0 Å². The van der Waals surface area contributed by atoms with E-state index < -0.39 is 5.97 Å². The third kappa shape index (κ3) is 4.11. The third-order valence-electron chi connectivity index (χ3n) is 5.17. The molecule has 0 atom stereocenters. The number of methoxy groups -OCH3 is 1. The number of thioether (sulfide) groups is 1. The second-order valence-corrected chi connectivity index (χ2v) is 8.13. The molecule has 0 saturated carbocycles. The number of pyridine rings is 1. The summed E-state index contributed by atoms with van der Waals surface area (Å²) in [7, 11) is 1.56. The number of hydrogen-bond donors (Lipinski definition) is 2. The lowest BCUT2D eigenvalue weighted by atomic mass is 9.94.